The van der Waals surface area contributed by atoms with Crippen LogP contribution in [0.1, 0.15) is 5.56 Å². The van der Waals surface area contributed by atoms with Gasteiger partial charge >= 0.3 is 5.97 Å². The number of ether oxygens (including phenoxy) is 1. The molecule has 1 amide bonds. The van der Waals surface area contributed by atoms with Crippen molar-refractivity contribution in [2.45, 2.75) is 5.72 Å². The second kappa shape index (κ2) is 5.03. The molecule has 5 nitrogen and oxygen atoms in total. The van der Waals surface area contributed by atoms with E-state index in [1.165, 1.54) is 19.3 Å². The Kier molecular flexibility index (Phi) is 3.59. The highest BCUT2D eigenvalue weighted by Crippen LogP contribution is 2.32. The van der Waals surface area contributed by atoms with Crippen LogP contribution in [0, 0.1) is 0 Å². The normalized spacial score (nSPS) is 21.8. The second-order valence-electron chi connectivity index (χ2n) is 4.07. The maximum atomic E-state index is 11.7. The molecular formula is C13H12ClNO4. The van der Waals surface area contributed by atoms with Gasteiger partial charge in [-0.15, -0.1) is 0 Å². The number of aliphatic hydroxyl groups is 1. The number of amides is 1. The molecule has 0 aromatic heterocycles. The van der Waals surface area contributed by atoms with E-state index in [2.05, 4.69) is 4.74 Å². The molecular weight excluding hydrogens is 270 g/mol. The minimum absolute atomic E-state index is 0.332. The van der Waals surface area contributed by atoms with Crippen molar-refractivity contribution in [2.24, 2.45) is 0 Å². The molecule has 0 fully saturated rings. The summed E-state index contributed by atoms with van der Waals surface area (Å²) < 4.78 is 4.52. The lowest BCUT2D eigenvalue weighted by Crippen LogP contribution is -2.46. The molecule has 1 aromatic carbocycles. The van der Waals surface area contributed by atoms with Crippen LogP contribution < -0.4 is 0 Å². The predicted molar refractivity (Wildman–Crippen MR) is 68.2 cm³/mol. The molecule has 0 saturated carbocycles. The summed E-state index contributed by atoms with van der Waals surface area (Å²) in [5.41, 5.74) is -1.21. The average molecular weight is 282 g/mol. The van der Waals surface area contributed by atoms with Crippen LogP contribution in [-0.2, 0) is 20.1 Å². The second-order valence-corrected chi connectivity index (χ2v) is 4.50. The fourth-order valence-electron chi connectivity index (χ4n) is 1.87. The molecule has 1 aliphatic rings. The minimum atomic E-state index is -1.66. The summed E-state index contributed by atoms with van der Waals surface area (Å²) in [6.07, 6.45) is 2.55. The van der Waals surface area contributed by atoms with Gasteiger partial charge in [0.15, 0.2) is 5.72 Å². The predicted octanol–water partition coefficient (Wildman–Crippen LogP) is 1.06. The van der Waals surface area contributed by atoms with E-state index in [1.807, 2.05) is 0 Å². The molecule has 19 heavy (non-hydrogen) atoms. The SMILES string of the molecule is COC(=O)CN1C(=O)C=CC1(O)c1ccc(Cl)cc1. The first-order valence-electron chi connectivity index (χ1n) is 5.53. The van der Waals surface area contributed by atoms with Crippen molar-refractivity contribution >= 4 is 23.5 Å². The molecule has 0 aliphatic carbocycles. The lowest BCUT2D eigenvalue weighted by Gasteiger charge is -2.32. The monoisotopic (exact) mass is 281 g/mol. The highest BCUT2D eigenvalue weighted by molar-refractivity contribution is 6.30. The lowest BCUT2D eigenvalue weighted by atomic mass is 10.0. The number of halogens is 1. The van der Waals surface area contributed by atoms with Crippen LogP contribution in [0.3, 0.4) is 0 Å². The fraction of sp³-hybridized carbons (Fsp3) is 0.231. The van der Waals surface area contributed by atoms with E-state index in [9.17, 15) is 14.7 Å². The third-order valence-electron chi connectivity index (χ3n) is 2.92. The number of nitrogens with zero attached hydrogens (tertiary/aromatic N) is 1. The number of esters is 1. The van der Waals surface area contributed by atoms with E-state index in [1.54, 1.807) is 24.3 Å². The van der Waals surface area contributed by atoms with E-state index in [-0.39, 0.29) is 6.54 Å². The zero-order valence-corrected chi connectivity index (χ0v) is 10.9. The average Bonchev–Trinajstić information content (AvgIpc) is 2.68. The van der Waals surface area contributed by atoms with Crippen molar-refractivity contribution in [1.29, 1.82) is 0 Å². The van der Waals surface area contributed by atoms with Gasteiger partial charge < -0.3 is 9.84 Å². The third kappa shape index (κ3) is 2.47. The Morgan fingerprint density at radius 2 is 2.05 bits per heavy atom. The van der Waals surface area contributed by atoms with Crippen LogP contribution in [0.25, 0.3) is 0 Å². The number of benzene rings is 1. The van der Waals surface area contributed by atoms with Crippen LogP contribution in [0.4, 0.5) is 0 Å². The number of hydrogen-bond acceptors (Lipinski definition) is 4. The molecule has 1 aliphatic heterocycles. The quantitative estimate of drug-likeness (QED) is 0.841. The first-order valence-corrected chi connectivity index (χ1v) is 5.91. The van der Waals surface area contributed by atoms with Crippen molar-refractivity contribution < 1.29 is 19.4 Å². The molecule has 0 radical (unpaired) electrons. The van der Waals surface area contributed by atoms with E-state index < -0.39 is 17.6 Å². The Bertz CT molecular complexity index is 540. The molecule has 1 aromatic rings. The number of rotatable bonds is 3. The lowest BCUT2D eigenvalue weighted by molar-refractivity contribution is -0.157. The molecule has 0 saturated heterocycles. The van der Waals surface area contributed by atoms with Gasteiger partial charge in [-0.2, -0.15) is 0 Å². The molecule has 0 spiro atoms. The summed E-state index contributed by atoms with van der Waals surface area (Å²) in [6.45, 7) is -0.332. The van der Waals surface area contributed by atoms with Crippen molar-refractivity contribution in [3.8, 4) is 0 Å². The first kappa shape index (κ1) is 13.6. The molecule has 100 valence electrons. The van der Waals surface area contributed by atoms with Gasteiger partial charge in [-0.25, -0.2) is 0 Å². The van der Waals surface area contributed by atoms with Crippen LogP contribution in [0.15, 0.2) is 36.4 Å². The van der Waals surface area contributed by atoms with Gasteiger partial charge in [-0.3, -0.25) is 14.5 Å². The summed E-state index contributed by atoms with van der Waals surface area (Å²) >= 11 is 5.78. The number of methoxy groups -OCH3 is 1. The molecule has 1 atom stereocenters. The molecule has 0 bridgehead atoms. The van der Waals surface area contributed by atoms with Crippen molar-refractivity contribution in [3.05, 3.63) is 47.0 Å². The smallest absolute Gasteiger partial charge is 0.325 e. The summed E-state index contributed by atoms with van der Waals surface area (Å²) in [4.78, 5) is 24.1. The molecule has 2 rings (SSSR count). The van der Waals surface area contributed by atoms with Crippen molar-refractivity contribution in [1.82, 2.24) is 4.90 Å². The van der Waals surface area contributed by atoms with Crippen molar-refractivity contribution in [2.75, 3.05) is 13.7 Å². The molecule has 1 unspecified atom stereocenters. The zero-order chi connectivity index (χ0) is 14.0. The van der Waals surface area contributed by atoms with Crippen LogP contribution >= 0.6 is 11.6 Å². The molecule has 1 N–H and O–H groups in total. The summed E-state index contributed by atoms with van der Waals surface area (Å²) in [6, 6.07) is 6.38. The zero-order valence-electron chi connectivity index (χ0n) is 10.2. The topological polar surface area (TPSA) is 66.8 Å². The standard InChI is InChI=1S/C13H12ClNO4/c1-19-12(17)8-15-11(16)6-7-13(15,18)9-2-4-10(14)5-3-9/h2-7,18H,8H2,1H3. The van der Waals surface area contributed by atoms with Gasteiger partial charge in [-0.05, 0) is 18.2 Å². The van der Waals surface area contributed by atoms with Gasteiger partial charge in [-0.1, -0.05) is 23.7 Å². The maximum Gasteiger partial charge on any atom is 0.325 e. The van der Waals surface area contributed by atoms with Gasteiger partial charge in [0.05, 0.1) is 7.11 Å². The van der Waals surface area contributed by atoms with E-state index in [0.717, 1.165) is 4.90 Å². The Hall–Kier alpha value is -1.85. The fourth-order valence-corrected chi connectivity index (χ4v) is 2.00. The largest absolute Gasteiger partial charge is 0.468 e. The Labute approximate surface area is 115 Å². The maximum absolute atomic E-state index is 11.7. The van der Waals surface area contributed by atoms with Gasteiger partial charge in [0.1, 0.15) is 6.54 Å². The summed E-state index contributed by atoms with van der Waals surface area (Å²) in [5, 5.41) is 11.1. The number of carbonyl (C=O) groups is 2. The Morgan fingerprint density at radius 3 is 2.63 bits per heavy atom. The van der Waals surface area contributed by atoms with Gasteiger partial charge in [0.25, 0.3) is 0 Å². The highest BCUT2D eigenvalue weighted by Gasteiger charge is 2.42. The Balaban J connectivity index is 2.34. The number of carbonyl (C=O) groups excluding carboxylic acids is 2. The van der Waals surface area contributed by atoms with Gasteiger partial charge in [0.2, 0.25) is 5.91 Å². The Morgan fingerprint density at radius 1 is 1.42 bits per heavy atom. The highest BCUT2D eigenvalue weighted by atomic mass is 35.5. The molecule has 1 heterocycles. The van der Waals surface area contributed by atoms with E-state index in [0.29, 0.717) is 10.6 Å². The summed E-state index contributed by atoms with van der Waals surface area (Å²) in [7, 11) is 1.22. The van der Waals surface area contributed by atoms with E-state index >= 15 is 0 Å². The van der Waals surface area contributed by atoms with Gasteiger partial charge in [0, 0.05) is 16.7 Å². The molecule has 6 heteroatoms. The first-order chi connectivity index (χ1) is 8.97. The number of hydrogen-bond donors (Lipinski definition) is 1. The van der Waals surface area contributed by atoms with Crippen LogP contribution in [0.5, 0.6) is 0 Å². The van der Waals surface area contributed by atoms with Crippen LogP contribution in [0.2, 0.25) is 5.02 Å². The third-order valence-corrected chi connectivity index (χ3v) is 3.17. The minimum Gasteiger partial charge on any atom is -0.468 e. The van der Waals surface area contributed by atoms with Crippen LogP contribution in [-0.4, -0.2) is 35.5 Å². The summed E-state index contributed by atoms with van der Waals surface area (Å²) in [5.74, 6) is -1.06. The van der Waals surface area contributed by atoms with Crippen molar-refractivity contribution in [3.63, 3.8) is 0 Å². The van der Waals surface area contributed by atoms with E-state index in [4.69, 9.17) is 11.6 Å².